The number of carboxylic acids is 1. The van der Waals surface area contributed by atoms with Gasteiger partial charge in [0.25, 0.3) is 0 Å². The topological polar surface area (TPSA) is 49.8 Å². The third-order valence-corrected chi connectivity index (χ3v) is 4.86. The zero-order valence-electron chi connectivity index (χ0n) is 13.0. The Bertz CT molecular complexity index is 505. The lowest BCUT2D eigenvalue weighted by Gasteiger charge is -2.31. The molecule has 4 nitrogen and oxygen atoms in total. The van der Waals surface area contributed by atoms with Gasteiger partial charge in [0.1, 0.15) is 0 Å². The van der Waals surface area contributed by atoms with Gasteiger partial charge in [-0.2, -0.15) is 0 Å². The highest BCUT2D eigenvalue weighted by Crippen LogP contribution is 2.27. The maximum absolute atomic E-state index is 11.1. The van der Waals surface area contributed by atoms with Gasteiger partial charge in [0, 0.05) is 25.7 Å². The molecule has 2 aliphatic rings. The molecule has 1 aromatic rings. The number of rotatable bonds is 6. The molecular weight excluding hydrogens is 278 g/mol. The van der Waals surface area contributed by atoms with Gasteiger partial charge in [-0.25, -0.2) is 4.79 Å². The van der Waals surface area contributed by atoms with E-state index in [2.05, 4.69) is 4.90 Å². The standard InChI is InChI=1S/C18H25NO3/c20-18(21)15-6-3-5-14(11-15)12-19(16-7-1-2-8-16)13-17-9-4-10-22-17/h3,5-6,11,16-17H,1-2,4,7-10,12-13H2,(H,20,21). The number of aromatic carboxylic acids is 1. The van der Waals surface area contributed by atoms with E-state index in [9.17, 15) is 4.79 Å². The largest absolute Gasteiger partial charge is 0.478 e. The molecule has 1 saturated carbocycles. The van der Waals surface area contributed by atoms with Gasteiger partial charge in [-0.05, 0) is 43.4 Å². The zero-order chi connectivity index (χ0) is 15.4. The van der Waals surface area contributed by atoms with Gasteiger partial charge in [0.05, 0.1) is 11.7 Å². The Labute approximate surface area is 132 Å². The average molecular weight is 303 g/mol. The minimum atomic E-state index is -0.853. The zero-order valence-corrected chi connectivity index (χ0v) is 13.0. The van der Waals surface area contributed by atoms with Gasteiger partial charge in [-0.1, -0.05) is 25.0 Å². The fourth-order valence-electron chi connectivity index (χ4n) is 3.70. The minimum absolute atomic E-state index is 0.350. The summed E-state index contributed by atoms with van der Waals surface area (Å²) in [4.78, 5) is 13.7. The van der Waals surface area contributed by atoms with E-state index in [-0.39, 0.29) is 0 Å². The van der Waals surface area contributed by atoms with Crippen molar-refractivity contribution in [1.82, 2.24) is 4.90 Å². The summed E-state index contributed by atoms with van der Waals surface area (Å²) in [6, 6.07) is 7.96. The van der Waals surface area contributed by atoms with Crippen molar-refractivity contribution >= 4 is 5.97 Å². The van der Waals surface area contributed by atoms with Crippen molar-refractivity contribution in [3.63, 3.8) is 0 Å². The first-order valence-electron chi connectivity index (χ1n) is 8.40. The summed E-state index contributed by atoms with van der Waals surface area (Å²) in [6.07, 6.45) is 7.79. The number of hydrogen-bond donors (Lipinski definition) is 1. The van der Waals surface area contributed by atoms with E-state index >= 15 is 0 Å². The van der Waals surface area contributed by atoms with Crippen LogP contribution in [0.15, 0.2) is 24.3 Å². The molecule has 3 rings (SSSR count). The van der Waals surface area contributed by atoms with Crippen LogP contribution in [-0.4, -0.2) is 41.3 Å². The monoisotopic (exact) mass is 303 g/mol. The molecule has 0 radical (unpaired) electrons. The molecule has 1 saturated heterocycles. The maximum Gasteiger partial charge on any atom is 0.335 e. The van der Waals surface area contributed by atoms with E-state index in [1.165, 1.54) is 25.7 Å². The third kappa shape index (κ3) is 3.87. The van der Waals surface area contributed by atoms with Gasteiger partial charge in [-0.3, -0.25) is 4.90 Å². The van der Waals surface area contributed by atoms with Crippen LogP contribution in [0.5, 0.6) is 0 Å². The average Bonchev–Trinajstić information content (AvgIpc) is 3.20. The highest BCUT2D eigenvalue weighted by Gasteiger charge is 2.27. The van der Waals surface area contributed by atoms with Crippen molar-refractivity contribution < 1.29 is 14.6 Å². The van der Waals surface area contributed by atoms with E-state index < -0.39 is 5.97 Å². The normalized spacial score (nSPS) is 22.5. The SMILES string of the molecule is O=C(O)c1cccc(CN(CC2CCCO2)C2CCCC2)c1. The van der Waals surface area contributed by atoms with Gasteiger partial charge in [-0.15, -0.1) is 0 Å². The summed E-state index contributed by atoms with van der Waals surface area (Å²) in [5.74, 6) is -0.853. The highest BCUT2D eigenvalue weighted by atomic mass is 16.5. The summed E-state index contributed by atoms with van der Waals surface area (Å²) in [5, 5.41) is 9.15. The minimum Gasteiger partial charge on any atom is -0.478 e. The number of carbonyl (C=O) groups is 1. The summed E-state index contributed by atoms with van der Waals surface area (Å²) in [6.45, 7) is 2.69. The highest BCUT2D eigenvalue weighted by molar-refractivity contribution is 5.87. The predicted molar refractivity (Wildman–Crippen MR) is 85.0 cm³/mol. The molecule has 22 heavy (non-hydrogen) atoms. The molecule has 4 heteroatoms. The van der Waals surface area contributed by atoms with Crippen molar-refractivity contribution in [2.45, 2.75) is 57.2 Å². The summed E-state index contributed by atoms with van der Waals surface area (Å²) in [7, 11) is 0. The number of nitrogens with zero attached hydrogens (tertiary/aromatic N) is 1. The molecule has 1 aromatic carbocycles. The number of carboxylic acid groups (broad SMARTS) is 1. The first-order valence-corrected chi connectivity index (χ1v) is 8.40. The Morgan fingerprint density at radius 1 is 1.23 bits per heavy atom. The van der Waals surface area contributed by atoms with Crippen molar-refractivity contribution in [2.24, 2.45) is 0 Å². The number of hydrogen-bond acceptors (Lipinski definition) is 3. The molecule has 0 spiro atoms. The van der Waals surface area contributed by atoms with Gasteiger partial charge >= 0.3 is 5.97 Å². The van der Waals surface area contributed by atoms with E-state index in [4.69, 9.17) is 9.84 Å². The predicted octanol–water partition coefficient (Wildman–Crippen LogP) is 3.31. The Kier molecular flexibility index (Phi) is 5.11. The summed E-state index contributed by atoms with van der Waals surface area (Å²) < 4.78 is 5.81. The second kappa shape index (κ2) is 7.25. The van der Waals surface area contributed by atoms with Crippen LogP contribution >= 0.6 is 0 Å². The quantitative estimate of drug-likeness (QED) is 0.876. The molecule has 0 aromatic heterocycles. The lowest BCUT2D eigenvalue weighted by molar-refractivity contribution is 0.0541. The Hall–Kier alpha value is -1.39. The van der Waals surface area contributed by atoms with Gasteiger partial charge < -0.3 is 9.84 Å². The molecule has 0 bridgehead atoms. The van der Waals surface area contributed by atoms with Crippen LogP contribution < -0.4 is 0 Å². The summed E-state index contributed by atoms with van der Waals surface area (Å²) in [5.41, 5.74) is 1.46. The van der Waals surface area contributed by atoms with Crippen molar-refractivity contribution in [3.05, 3.63) is 35.4 Å². The molecule has 1 unspecified atom stereocenters. The first-order chi connectivity index (χ1) is 10.7. The van der Waals surface area contributed by atoms with Crippen molar-refractivity contribution in [2.75, 3.05) is 13.2 Å². The molecule has 1 atom stereocenters. The van der Waals surface area contributed by atoms with Crippen molar-refractivity contribution in [3.8, 4) is 0 Å². The van der Waals surface area contributed by atoms with E-state index in [0.29, 0.717) is 17.7 Å². The van der Waals surface area contributed by atoms with Crippen LogP contribution in [0, 0.1) is 0 Å². The van der Waals surface area contributed by atoms with Crippen LogP contribution in [0.4, 0.5) is 0 Å². The lowest BCUT2D eigenvalue weighted by atomic mass is 10.1. The van der Waals surface area contributed by atoms with Crippen LogP contribution in [0.3, 0.4) is 0 Å². The lowest BCUT2D eigenvalue weighted by Crippen LogP contribution is -2.38. The third-order valence-electron chi connectivity index (χ3n) is 4.86. The van der Waals surface area contributed by atoms with Crippen molar-refractivity contribution in [1.29, 1.82) is 0 Å². The molecular formula is C18H25NO3. The molecule has 1 aliphatic carbocycles. The molecule has 1 heterocycles. The number of ether oxygens (including phenoxy) is 1. The van der Waals surface area contributed by atoms with E-state index in [1.54, 1.807) is 12.1 Å². The Morgan fingerprint density at radius 3 is 2.73 bits per heavy atom. The smallest absolute Gasteiger partial charge is 0.335 e. The first kappa shape index (κ1) is 15.5. The second-order valence-corrected chi connectivity index (χ2v) is 6.51. The maximum atomic E-state index is 11.1. The molecule has 1 N–H and O–H groups in total. The van der Waals surface area contributed by atoms with Crippen LogP contribution in [0.25, 0.3) is 0 Å². The van der Waals surface area contributed by atoms with E-state index in [1.807, 2.05) is 12.1 Å². The summed E-state index contributed by atoms with van der Waals surface area (Å²) >= 11 is 0. The molecule has 1 aliphatic heterocycles. The van der Waals surface area contributed by atoms with E-state index in [0.717, 1.165) is 38.1 Å². The van der Waals surface area contributed by atoms with Crippen LogP contribution in [0.2, 0.25) is 0 Å². The Morgan fingerprint density at radius 2 is 2.05 bits per heavy atom. The molecule has 0 amide bonds. The molecule has 2 fully saturated rings. The van der Waals surface area contributed by atoms with Gasteiger partial charge in [0.15, 0.2) is 0 Å². The van der Waals surface area contributed by atoms with Gasteiger partial charge in [0.2, 0.25) is 0 Å². The van der Waals surface area contributed by atoms with Crippen LogP contribution in [-0.2, 0) is 11.3 Å². The van der Waals surface area contributed by atoms with Crippen LogP contribution in [0.1, 0.15) is 54.4 Å². The Balaban J connectivity index is 1.70. The molecule has 120 valence electrons. The number of benzene rings is 1. The fraction of sp³-hybridized carbons (Fsp3) is 0.611. The fourth-order valence-corrected chi connectivity index (χ4v) is 3.70. The second-order valence-electron chi connectivity index (χ2n) is 6.51.